The minimum atomic E-state index is 0.0971. The van der Waals surface area contributed by atoms with Crippen LogP contribution >= 0.6 is 11.6 Å². The first-order valence-electron chi connectivity index (χ1n) is 6.23. The number of hydrogen-bond donors (Lipinski definition) is 1. The lowest BCUT2D eigenvalue weighted by Gasteiger charge is -2.34. The van der Waals surface area contributed by atoms with Crippen molar-refractivity contribution in [1.29, 1.82) is 0 Å². The zero-order valence-corrected chi connectivity index (χ0v) is 12.1. The lowest BCUT2D eigenvalue weighted by molar-refractivity contribution is -0.0260. The van der Waals surface area contributed by atoms with Gasteiger partial charge in [0.15, 0.2) is 5.82 Å². The number of likely N-dealkylation sites (N-methyl/N-ethyl adjacent to an activating group) is 1. The van der Waals surface area contributed by atoms with Crippen LogP contribution in [0, 0.1) is 0 Å². The van der Waals surface area contributed by atoms with E-state index in [-0.39, 0.29) is 12.1 Å². The molecule has 1 fully saturated rings. The van der Waals surface area contributed by atoms with Crippen molar-refractivity contribution in [3.05, 3.63) is 11.2 Å². The molecule has 0 saturated carbocycles. The van der Waals surface area contributed by atoms with Gasteiger partial charge in [0.25, 0.3) is 0 Å². The Labute approximate surface area is 118 Å². The maximum atomic E-state index is 6.07. The van der Waals surface area contributed by atoms with E-state index < -0.39 is 0 Å². The van der Waals surface area contributed by atoms with Gasteiger partial charge >= 0.3 is 6.01 Å². The van der Waals surface area contributed by atoms with E-state index in [1.165, 1.54) is 13.3 Å². The van der Waals surface area contributed by atoms with Gasteiger partial charge in [-0.2, -0.15) is 4.98 Å². The standard InChI is InChI=1S/C12H19ClN4O2/c1-8(10-7-17(2)4-5-19-10)15-11-9(13)6-14-12(16-11)18-3/h6,8,10H,4-5,7H2,1-3H3,(H,14,15,16). The molecule has 2 heterocycles. The van der Waals surface area contributed by atoms with Crippen molar-refractivity contribution in [2.24, 2.45) is 0 Å². The van der Waals surface area contributed by atoms with Gasteiger partial charge in [0.2, 0.25) is 0 Å². The third kappa shape index (κ3) is 3.68. The summed E-state index contributed by atoms with van der Waals surface area (Å²) in [5, 5.41) is 3.73. The van der Waals surface area contributed by atoms with Crippen LogP contribution in [0.1, 0.15) is 6.92 Å². The fraction of sp³-hybridized carbons (Fsp3) is 0.667. The summed E-state index contributed by atoms with van der Waals surface area (Å²) in [7, 11) is 3.61. The van der Waals surface area contributed by atoms with Crippen LogP contribution in [-0.2, 0) is 4.74 Å². The number of aromatic nitrogens is 2. The van der Waals surface area contributed by atoms with Gasteiger partial charge in [0.1, 0.15) is 5.02 Å². The molecule has 0 spiro atoms. The molecule has 2 atom stereocenters. The molecule has 0 aliphatic carbocycles. The maximum Gasteiger partial charge on any atom is 0.318 e. The molecule has 106 valence electrons. The van der Waals surface area contributed by atoms with Crippen molar-refractivity contribution in [3.63, 3.8) is 0 Å². The number of halogens is 1. The Morgan fingerprint density at radius 3 is 3.11 bits per heavy atom. The molecule has 1 aliphatic rings. The fourth-order valence-corrected chi connectivity index (χ4v) is 2.12. The molecule has 1 aromatic heterocycles. The predicted molar refractivity (Wildman–Crippen MR) is 73.9 cm³/mol. The number of anilines is 1. The second-order valence-electron chi connectivity index (χ2n) is 4.66. The van der Waals surface area contributed by atoms with Crippen molar-refractivity contribution in [2.75, 3.05) is 39.2 Å². The largest absolute Gasteiger partial charge is 0.467 e. The van der Waals surface area contributed by atoms with E-state index in [9.17, 15) is 0 Å². The average molecular weight is 287 g/mol. The summed E-state index contributed by atoms with van der Waals surface area (Å²) in [6.07, 6.45) is 1.63. The van der Waals surface area contributed by atoms with Gasteiger partial charge in [-0.15, -0.1) is 0 Å². The third-order valence-corrected chi connectivity index (χ3v) is 3.40. The Hall–Kier alpha value is -1.11. The maximum absolute atomic E-state index is 6.07. The van der Waals surface area contributed by atoms with Crippen molar-refractivity contribution >= 4 is 17.4 Å². The summed E-state index contributed by atoms with van der Waals surface area (Å²) in [6, 6.07) is 0.389. The lowest BCUT2D eigenvalue weighted by Crippen LogP contribution is -2.47. The number of hydrogen-bond acceptors (Lipinski definition) is 6. The van der Waals surface area contributed by atoms with E-state index in [1.54, 1.807) is 0 Å². The topological polar surface area (TPSA) is 59.5 Å². The van der Waals surface area contributed by atoms with Gasteiger partial charge in [0, 0.05) is 13.1 Å². The molecule has 2 rings (SSSR count). The van der Waals surface area contributed by atoms with Gasteiger partial charge in [-0.25, -0.2) is 4.98 Å². The zero-order chi connectivity index (χ0) is 13.8. The smallest absolute Gasteiger partial charge is 0.318 e. The van der Waals surface area contributed by atoms with E-state index in [0.717, 1.165) is 19.7 Å². The summed E-state index contributed by atoms with van der Waals surface area (Å²) < 4.78 is 10.8. The van der Waals surface area contributed by atoms with Gasteiger partial charge in [-0.1, -0.05) is 11.6 Å². The predicted octanol–water partition coefficient (Wildman–Crippen LogP) is 1.27. The third-order valence-electron chi connectivity index (χ3n) is 3.12. The monoisotopic (exact) mass is 286 g/mol. The number of nitrogens with zero attached hydrogens (tertiary/aromatic N) is 3. The molecule has 1 N–H and O–H groups in total. The van der Waals surface area contributed by atoms with Crippen LogP contribution in [0.2, 0.25) is 5.02 Å². The van der Waals surface area contributed by atoms with E-state index in [1.807, 2.05) is 0 Å². The van der Waals surface area contributed by atoms with Crippen molar-refractivity contribution in [1.82, 2.24) is 14.9 Å². The average Bonchev–Trinajstić information content (AvgIpc) is 2.41. The normalized spacial score (nSPS) is 22.0. The number of nitrogens with one attached hydrogen (secondary N) is 1. The van der Waals surface area contributed by atoms with Crippen molar-refractivity contribution < 1.29 is 9.47 Å². The highest BCUT2D eigenvalue weighted by atomic mass is 35.5. The molecule has 1 aliphatic heterocycles. The number of methoxy groups -OCH3 is 1. The number of ether oxygens (including phenoxy) is 2. The molecule has 6 nitrogen and oxygen atoms in total. The first-order chi connectivity index (χ1) is 9.10. The number of rotatable bonds is 4. The minimum Gasteiger partial charge on any atom is -0.467 e. The summed E-state index contributed by atoms with van der Waals surface area (Å²) in [5.74, 6) is 0.567. The highest BCUT2D eigenvalue weighted by Crippen LogP contribution is 2.22. The highest BCUT2D eigenvalue weighted by Gasteiger charge is 2.24. The molecular weight excluding hydrogens is 268 g/mol. The molecule has 1 saturated heterocycles. The van der Waals surface area contributed by atoms with E-state index >= 15 is 0 Å². The van der Waals surface area contributed by atoms with Crippen LogP contribution < -0.4 is 10.1 Å². The second-order valence-corrected chi connectivity index (χ2v) is 5.06. The Balaban J connectivity index is 2.03. The Kier molecular flexibility index (Phi) is 4.79. The minimum absolute atomic E-state index is 0.0971. The summed E-state index contributed by atoms with van der Waals surface area (Å²) in [4.78, 5) is 10.4. The molecule has 0 radical (unpaired) electrons. The summed E-state index contributed by atoms with van der Waals surface area (Å²) in [6.45, 7) is 4.64. The Morgan fingerprint density at radius 1 is 1.63 bits per heavy atom. The van der Waals surface area contributed by atoms with Gasteiger partial charge in [-0.3, -0.25) is 0 Å². The zero-order valence-electron chi connectivity index (χ0n) is 11.4. The second kappa shape index (κ2) is 6.36. The summed E-state index contributed by atoms with van der Waals surface area (Å²) in [5.41, 5.74) is 0. The Bertz CT molecular complexity index is 432. The van der Waals surface area contributed by atoms with Crippen LogP contribution in [0.4, 0.5) is 5.82 Å². The first kappa shape index (κ1) is 14.3. The molecular formula is C12H19ClN4O2. The molecule has 19 heavy (non-hydrogen) atoms. The quantitative estimate of drug-likeness (QED) is 0.899. The van der Waals surface area contributed by atoms with Gasteiger partial charge in [0.05, 0.1) is 32.1 Å². The van der Waals surface area contributed by atoms with Gasteiger partial charge < -0.3 is 19.7 Å². The van der Waals surface area contributed by atoms with E-state index in [0.29, 0.717) is 16.9 Å². The molecule has 1 aromatic rings. The molecule has 7 heteroatoms. The van der Waals surface area contributed by atoms with Crippen LogP contribution in [-0.4, -0.2) is 60.9 Å². The van der Waals surface area contributed by atoms with Crippen LogP contribution in [0.3, 0.4) is 0 Å². The summed E-state index contributed by atoms with van der Waals surface area (Å²) >= 11 is 6.07. The van der Waals surface area contributed by atoms with Crippen molar-refractivity contribution in [3.8, 4) is 6.01 Å². The lowest BCUT2D eigenvalue weighted by atomic mass is 10.1. The van der Waals surface area contributed by atoms with Gasteiger partial charge in [-0.05, 0) is 14.0 Å². The van der Waals surface area contributed by atoms with Crippen LogP contribution in [0.25, 0.3) is 0 Å². The molecule has 2 unspecified atom stereocenters. The van der Waals surface area contributed by atoms with E-state index in [4.69, 9.17) is 21.1 Å². The first-order valence-corrected chi connectivity index (χ1v) is 6.61. The van der Waals surface area contributed by atoms with E-state index in [2.05, 4.69) is 34.2 Å². The highest BCUT2D eigenvalue weighted by molar-refractivity contribution is 6.32. The molecule has 0 bridgehead atoms. The molecule has 0 aromatic carbocycles. The van der Waals surface area contributed by atoms with Crippen LogP contribution in [0.15, 0.2) is 6.20 Å². The SMILES string of the molecule is COc1ncc(Cl)c(NC(C)C2CN(C)CCO2)n1. The Morgan fingerprint density at radius 2 is 2.42 bits per heavy atom. The number of morpholine rings is 1. The van der Waals surface area contributed by atoms with Crippen molar-refractivity contribution in [2.45, 2.75) is 19.1 Å². The molecule has 0 amide bonds. The van der Waals surface area contributed by atoms with Crippen LogP contribution in [0.5, 0.6) is 6.01 Å². The fourth-order valence-electron chi connectivity index (χ4n) is 1.97.